The molecule has 1 aromatic carbocycles. The maximum atomic E-state index is 13.6. The van der Waals surface area contributed by atoms with Gasteiger partial charge in [-0.05, 0) is 30.3 Å². The SMILES string of the molecule is NCC(Oc1ccc(Br)cc1F)c1ccccn1. The van der Waals surface area contributed by atoms with Crippen molar-refractivity contribution in [1.29, 1.82) is 0 Å². The third kappa shape index (κ3) is 3.05. The van der Waals surface area contributed by atoms with Crippen molar-refractivity contribution in [2.24, 2.45) is 5.73 Å². The Bertz CT molecular complexity index is 522. The second kappa shape index (κ2) is 5.93. The number of hydrogen-bond donors (Lipinski definition) is 1. The highest BCUT2D eigenvalue weighted by Crippen LogP contribution is 2.25. The van der Waals surface area contributed by atoms with E-state index in [9.17, 15) is 4.39 Å². The summed E-state index contributed by atoms with van der Waals surface area (Å²) in [4.78, 5) is 4.16. The van der Waals surface area contributed by atoms with Crippen molar-refractivity contribution in [3.63, 3.8) is 0 Å². The van der Waals surface area contributed by atoms with Crippen LogP contribution in [-0.2, 0) is 0 Å². The van der Waals surface area contributed by atoms with Crippen LogP contribution in [0.15, 0.2) is 47.1 Å². The summed E-state index contributed by atoms with van der Waals surface area (Å²) in [6.45, 7) is 0.229. The zero-order chi connectivity index (χ0) is 13.0. The van der Waals surface area contributed by atoms with Gasteiger partial charge in [0.15, 0.2) is 17.7 Å². The Balaban J connectivity index is 2.21. The number of rotatable bonds is 4. The molecule has 0 aliphatic carbocycles. The van der Waals surface area contributed by atoms with Crippen molar-refractivity contribution in [2.75, 3.05) is 6.54 Å². The summed E-state index contributed by atoms with van der Waals surface area (Å²) in [7, 11) is 0. The summed E-state index contributed by atoms with van der Waals surface area (Å²) in [5.41, 5.74) is 6.32. The Kier molecular flexibility index (Phi) is 4.28. The highest BCUT2D eigenvalue weighted by Gasteiger charge is 2.15. The van der Waals surface area contributed by atoms with E-state index in [-0.39, 0.29) is 12.3 Å². The lowest BCUT2D eigenvalue weighted by Gasteiger charge is -2.17. The van der Waals surface area contributed by atoms with E-state index in [0.29, 0.717) is 10.2 Å². The molecular formula is C13H12BrFN2O. The second-order valence-corrected chi connectivity index (χ2v) is 4.59. The average molecular weight is 311 g/mol. The molecule has 1 aromatic heterocycles. The van der Waals surface area contributed by atoms with Crippen LogP contribution in [0, 0.1) is 5.82 Å². The number of pyridine rings is 1. The van der Waals surface area contributed by atoms with E-state index in [1.807, 2.05) is 6.07 Å². The van der Waals surface area contributed by atoms with Crippen molar-refractivity contribution < 1.29 is 9.13 Å². The molecule has 18 heavy (non-hydrogen) atoms. The molecule has 0 aliphatic heterocycles. The van der Waals surface area contributed by atoms with E-state index in [2.05, 4.69) is 20.9 Å². The first kappa shape index (κ1) is 13.0. The molecule has 0 aliphatic rings. The quantitative estimate of drug-likeness (QED) is 0.944. The van der Waals surface area contributed by atoms with E-state index < -0.39 is 11.9 Å². The molecule has 1 heterocycles. The van der Waals surface area contributed by atoms with Crippen LogP contribution in [0.5, 0.6) is 5.75 Å². The maximum Gasteiger partial charge on any atom is 0.166 e. The topological polar surface area (TPSA) is 48.1 Å². The Morgan fingerprint density at radius 1 is 1.33 bits per heavy atom. The summed E-state index contributed by atoms with van der Waals surface area (Å²) in [6, 6.07) is 10.1. The standard InChI is InChI=1S/C13H12BrFN2O/c14-9-4-5-12(10(15)7-9)18-13(8-16)11-3-1-2-6-17-11/h1-7,13H,8,16H2. The molecule has 0 saturated carbocycles. The summed E-state index contributed by atoms with van der Waals surface area (Å²) in [5, 5.41) is 0. The normalized spacial score (nSPS) is 12.2. The fraction of sp³-hybridized carbons (Fsp3) is 0.154. The summed E-state index contributed by atoms with van der Waals surface area (Å²) in [6.07, 6.45) is 1.20. The average Bonchev–Trinajstić information content (AvgIpc) is 2.39. The molecule has 0 saturated heterocycles. The number of nitrogens with two attached hydrogens (primary N) is 1. The number of halogens is 2. The minimum Gasteiger partial charge on any atom is -0.480 e. The van der Waals surface area contributed by atoms with E-state index >= 15 is 0 Å². The first-order valence-electron chi connectivity index (χ1n) is 5.43. The Labute approximate surface area is 113 Å². The first-order valence-corrected chi connectivity index (χ1v) is 6.22. The second-order valence-electron chi connectivity index (χ2n) is 3.67. The molecule has 0 radical (unpaired) electrons. The van der Waals surface area contributed by atoms with Gasteiger partial charge in [-0.1, -0.05) is 22.0 Å². The first-order chi connectivity index (χ1) is 8.70. The predicted octanol–water partition coefficient (Wildman–Crippen LogP) is 3.06. The van der Waals surface area contributed by atoms with Crippen molar-refractivity contribution in [3.8, 4) is 5.75 Å². The van der Waals surface area contributed by atoms with Crippen LogP contribution in [0.3, 0.4) is 0 Å². The molecule has 0 spiro atoms. The van der Waals surface area contributed by atoms with Crippen LogP contribution in [0.2, 0.25) is 0 Å². The fourth-order valence-electron chi connectivity index (χ4n) is 1.52. The smallest absolute Gasteiger partial charge is 0.166 e. The van der Waals surface area contributed by atoms with Crippen LogP contribution in [0.4, 0.5) is 4.39 Å². The molecule has 2 rings (SSSR count). The molecule has 2 aromatic rings. The molecule has 2 N–H and O–H groups in total. The Morgan fingerprint density at radius 2 is 2.17 bits per heavy atom. The zero-order valence-electron chi connectivity index (χ0n) is 9.51. The molecule has 94 valence electrons. The monoisotopic (exact) mass is 310 g/mol. The lowest BCUT2D eigenvalue weighted by Crippen LogP contribution is -2.19. The highest BCUT2D eigenvalue weighted by molar-refractivity contribution is 9.10. The van der Waals surface area contributed by atoms with Crippen LogP contribution in [-0.4, -0.2) is 11.5 Å². The zero-order valence-corrected chi connectivity index (χ0v) is 11.1. The van der Waals surface area contributed by atoms with Gasteiger partial charge in [-0.15, -0.1) is 0 Å². The van der Waals surface area contributed by atoms with Crippen LogP contribution in [0.25, 0.3) is 0 Å². The van der Waals surface area contributed by atoms with Gasteiger partial charge in [-0.25, -0.2) is 4.39 Å². The van der Waals surface area contributed by atoms with Gasteiger partial charge >= 0.3 is 0 Å². The summed E-state index contributed by atoms with van der Waals surface area (Å²) >= 11 is 3.19. The third-order valence-electron chi connectivity index (χ3n) is 2.39. The van der Waals surface area contributed by atoms with E-state index in [1.54, 1.807) is 30.5 Å². The molecule has 0 bridgehead atoms. The maximum absolute atomic E-state index is 13.6. The predicted molar refractivity (Wildman–Crippen MR) is 70.8 cm³/mol. The Morgan fingerprint density at radius 3 is 2.78 bits per heavy atom. The van der Waals surface area contributed by atoms with Crippen molar-refractivity contribution in [1.82, 2.24) is 4.98 Å². The van der Waals surface area contributed by atoms with Crippen molar-refractivity contribution in [3.05, 3.63) is 58.6 Å². The number of hydrogen-bond acceptors (Lipinski definition) is 3. The third-order valence-corrected chi connectivity index (χ3v) is 2.89. The number of nitrogens with zero attached hydrogens (tertiary/aromatic N) is 1. The molecule has 0 amide bonds. The minimum atomic E-state index is -0.457. The van der Waals surface area contributed by atoms with Gasteiger partial charge in [0.2, 0.25) is 0 Å². The van der Waals surface area contributed by atoms with Gasteiger partial charge in [0, 0.05) is 17.2 Å². The van der Waals surface area contributed by atoms with Gasteiger partial charge < -0.3 is 10.5 Å². The van der Waals surface area contributed by atoms with Gasteiger partial charge in [0.25, 0.3) is 0 Å². The lowest BCUT2D eigenvalue weighted by molar-refractivity contribution is 0.200. The van der Waals surface area contributed by atoms with Crippen molar-refractivity contribution in [2.45, 2.75) is 6.10 Å². The molecule has 1 unspecified atom stereocenters. The molecule has 1 atom stereocenters. The largest absolute Gasteiger partial charge is 0.480 e. The van der Waals surface area contributed by atoms with Crippen molar-refractivity contribution >= 4 is 15.9 Å². The minimum absolute atomic E-state index is 0.166. The van der Waals surface area contributed by atoms with Gasteiger partial charge in [-0.3, -0.25) is 4.98 Å². The fourth-order valence-corrected chi connectivity index (χ4v) is 1.85. The van der Waals surface area contributed by atoms with Gasteiger partial charge in [0.1, 0.15) is 0 Å². The highest BCUT2D eigenvalue weighted by atomic mass is 79.9. The molecular weight excluding hydrogens is 299 g/mol. The van der Waals surface area contributed by atoms with E-state index in [0.717, 1.165) is 0 Å². The molecule has 3 nitrogen and oxygen atoms in total. The lowest BCUT2D eigenvalue weighted by atomic mass is 10.2. The number of benzene rings is 1. The number of ether oxygens (including phenoxy) is 1. The van der Waals surface area contributed by atoms with E-state index in [4.69, 9.17) is 10.5 Å². The van der Waals surface area contributed by atoms with Crippen LogP contribution in [0.1, 0.15) is 11.8 Å². The van der Waals surface area contributed by atoms with E-state index in [1.165, 1.54) is 6.07 Å². The van der Waals surface area contributed by atoms with Gasteiger partial charge in [0.05, 0.1) is 5.69 Å². The number of aromatic nitrogens is 1. The van der Waals surface area contributed by atoms with Crippen LogP contribution >= 0.6 is 15.9 Å². The van der Waals surface area contributed by atoms with Crippen LogP contribution < -0.4 is 10.5 Å². The molecule has 5 heteroatoms. The summed E-state index contributed by atoms with van der Waals surface area (Å²) < 4.78 is 19.9. The Hall–Kier alpha value is -1.46. The summed E-state index contributed by atoms with van der Waals surface area (Å²) in [5.74, 6) is -0.266. The molecule has 0 fully saturated rings. The van der Waals surface area contributed by atoms with Gasteiger partial charge in [-0.2, -0.15) is 0 Å².